The lowest BCUT2D eigenvalue weighted by atomic mass is 10.0. The van der Waals surface area contributed by atoms with Crippen LogP contribution in [0.1, 0.15) is 52.7 Å². The number of benzene rings is 1. The maximum atomic E-state index is 12.0. The molecule has 0 aliphatic heterocycles. The molecular formula is C18H27NO4. The van der Waals surface area contributed by atoms with Crippen LogP contribution in [0, 0.1) is 6.92 Å². The summed E-state index contributed by atoms with van der Waals surface area (Å²) in [6, 6.07) is 5.50. The first-order valence-electron chi connectivity index (χ1n) is 7.68. The third-order valence-electron chi connectivity index (χ3n) is 2.74. The summed E-state index contributed by atoms with van der Waals surface area (Å²) in [5.41, 5.74) is 1.02. The Morgan fingerprint density at radius 1 is 1.00 bits per heavy atom. The summed E-state index contributed by atoms with van der Waals surface area (Å²) in [5.74, 6) is -0.338. The number of amides is 1. The second kappa shape index (κ2) is 7.02. The molecular weight excluding hydrogens is 294 g/mol. The first kappa shape index (κ1) is 19.0. The van der Waals surface area contributed by atoms with Crippen molar-refractivity contribution < 1.29 is 19.1 Å². The van der Waals surface area contributed by atoms with Crippen LogP contribution in [0.4, 0.5) is 10.5 Å². The summed E-state index contributed by atoms with van der Waals surface area (Å²) in [5, 5.41) is 2.73. The highest BCUT2D eigenvalue weighted by Crippen LogP contribution is 2.23. The molecule has 0 atom stereocenters. The molecule has 0 heterocycles. The van der Waals surface area contributed by atoms with Crippen molar-refractivity contribution in [2.45, 2.75) is 66.1 Å². The zero-order chi connectivity index (χ0) is 17.8. The lowest BCUT2D eigenvalue weighted by molar-refractivity contribution is -0.153. The van der Waals surface area contributed by atoms with Crippen LogP contribution in [0.15, 0.2) is 18.2 Å². The Hall–Kier alpha value is -2.04. The van der Waals surface area contributed by atoms with E-state index in [2.05, 4.69) is 5.32 Å². The zero-order valence-corrected chi connectivity index (χ0v) is 15.1. The number of esters is 1. The van der Waals surface area contributed by atoms with E-state index in [4.69, 9.17) is 9.47 Å². The minimum Gasteiger partial charge on any atom is -0.460 e. The van der Waals surface area contributed by atoms with Crippen LogP contribution in [-0.2, 0) is 20.7 Å². The maximum absolute atomic E-state index is 12.0. The second-order valence-corrected chi connectivity index (χ2v) is 7.50. The van der Waals surface area contributed by atoms with Crippen LogP contribution < -0.4 is 5.32 Å². The van der Waals surface area contributed by atoms with Crippen LogP contribution >= 0.6 is 0 Å². The van der Waals surface area contributed by atoms with Crippen LogP contribution in [0.25, 0.3) is 0 Å². The average molecular weight is 321 g/mol. The molecule has 0 fully saturated rings. The largest absolute Gasteiger partial charge is 0.460 e. The molecule has 5 nitrogen and oxygen atoms in total. The third kappa shape index (κ3) is 7.17. The van der Waals surface area contributed by atoms with Crippen molar-refractivity contribution in [3.8, 4) is 0 Å². The summed E-state index contributed by atoms with van der Waals surface area (Å²) >= 11 is 0. The van der Waals surface area contributed by atoms with Crippen molar-refractivity contribution in [1.82, 2.24) is 0 Å². The quantitative estimate of drug-likeness (QED) is 0.846. The highest BCUT2D eigenvalue weighted by molar-refractivity contribution is 5.88. The molecule has 0 aromatic heterocycles. The van der Waals surface area contributed by atoms with Gasteiger partial charge in [0.15, 0.2) is 0 Å². The SMILES string of the molecule is Cc1cccc(CC(=O)OC(C)(C)C)c1NC(=O)OC(C)(C)C. The van der Waals surface area contributed by atoms with Crippen LogP contribution in [0.3, 0.4) is 0 Å². The molecule has 0 saturated heterocycles. The van der Waals surface area contributed by atoms with Crippen LogP contribution in [0.5, 0.6) is 0 Å². The van der Waals surface area contributed by atoms with Crippen molar-refractivity contribution >= 4 is 17.7 Å². The van der Waals surface area contributed by atoms with E-state index >= 15 is 0 Å². The van der Waals surface area contributed by atoms with E-state index in [9.17, 15) is 9.59 Å². The van der Waals surface area contributed by atoms with E-state index in [1.165, 1.54) is 0 Å². The van der Waals surface area contributed by atoms with Gasteiger partial charge >= 0.3 is 12.1 Å². The molecule has 1 rings (SSSR count). The van der Waals surface area contributed by atoms with Gasteiger partial charge in [-0.15, -0.1) is 0 Å². The van der Waals surface area contributed by atoms with Gasteiger partial charge in [0.05, 0.1) is 12.1 Å². The Balaban J connectivity index is 2.92. The fourth-order valence-corrected chi connectivity index (χ4v) is 1.99. The summed E-state index contributed by atoms with van der Waals surface area (Å²) in [4.78, 5) is 24.0. The van der Waals surface area contributed by atoms with Crippen molar-refractivity contribution in [2.75, 3.05) is 5.32 Å². The van der Waals surface area contributed by atoms with Gasteiger partial charge < -0.3 is 9.47 Å². The number of ether oxygens (including phenoxy) is 2. The topological polar surface area (TPSA) is 64.6 Å². The number of carbonyl (C=O) groups excluding carboxylic acids is 2. The van der Waals surface area contributed by atoms with Crippen molar-refractivity contribution in [3.63, 3.8) is 0 Å². The summed E-state index contributed by atoms with van der Waals surface area (Å²) in [6.45, 7) is 12.7. The van der Waals surface area contributed by atoms with E-state index in [1.807, 2.05) is 39.8 Å². The van der Waals surface area contributed by atoms with Gasteiger partial charge in [-0.3, -0.25) is 10.1 Å². The Morgan fingerprint density at radius 2 is 1.57 bits per heavy atom. The first-order valence-corrected chi connectivity index (χ1v) is 7.68. The van der Waals surface area contributed by atoms with Crippen LogP contribution in [0.2, 0.25) is 0 Å². The molecule has 0 saturated carbocycles. The highest BCUT2D eigenvalue weighted by atomic mass is 16.6. The fourth-order valence-electron chi connectivity index (χ4n) is 1.99. The minimum atomic E-state index is -0.585. The molecule has 1 N–H and O–H groups in total. The van der Waals surface area contributed by atoms with Gasteiger partial charge in [-0.05, 0) is 59.6 Å². The molecule has 0 aliphatic carbocycles. The normalized spacial score (nSPS) is 11.8. The molecule has 5 heteroatoms. The molecule has 0 bridgehead atoms. The highest BCUT2D eigenvalue weighted by Gasteiger charge is 2.21. The van der Waals surface area contributed by atoms with Gasteiger partial charge in [-0.25, -0.2) is 4.79 Å². The smallest absolute Gasteiger partial charge is 0.412 e. The molecule has 0 unspecified atom stereocenters. The van der Waals surface area contributed by atoms with Gasteiger partial charge in [-0.2, -0.15) is 0 Å². The zero-order valence-electron chi connectivity index (χ0n) is 15.1. The maximum Gasteiger partial charge on any atom is 0.412 e. The molecule has 1 aromatic carbocycles. The Morgan fingerprint density at radius 3 is 2.09 bits per heavy atom. The van der Waals surface area contributed by atoms with E-state index in [-0.39, 0.29) is 12.4 Å². The average Bonchev–Trinajstić information content (AvgIpc) is 2.28. The number of rotatable bonds is 3. The third-order valence-corrected chi connectivity index (χ3v) is 2.74. The number of para-hydroxylation sites is 1. The molecule has 1 amide bonds. The van der Waals surface area contributed by atoms with Gasteiger partial charge in [-0.1, -0.05) is 18.2 Å². The van der Waals surface area contributed by atoms with E-state index in [0.29, 0.717) is 11.3 Å². The van der Waals surface area contributed by atoms with E-state index < -0.39 is 17.3 Å². The van der Waals surface area contributed by atoms with Crippen LogP contribution in [-0.4, -0.2) is 23.3 Å². The van der Waals surface area contributed by atoms with E-state index in [0.717, 1.165) is 5.56 Å². The second-order valence-electron chi connectivity index (χ2n) is 7.50. The number of aryl methyl sites for hydroxylation is 1. The predicted octanol–water partition coefficient (Wildman–Crippen LogP) is 4.23. The Kier molecular flexibility index (Phi) is 5.81. The molecule has 128 valence electrons. The fraction of sp³-hybridized carbons (Fsp3) is 0.556. The van der Waals surface area contributed by atoms with Gasteiger partial charge in [0, 0.05) is 0 Å². The van der Waals surface area contributed by atoms with Gasteiger partial charge in [0.25, 0.3) is 0 Å². The van der Waals surface area contributed by atoms with Crippen molar-refractivity contribution in [1.29, 1.82) is 0 Å². The minimum absolute atomic E-state index is 0.0874. The number of nitrogens with one attached hydrogen (secondary N) is 1. The number of hydrogen-bond acceptors (Lipinski definition) is 4. The first-order chi connectivity index (χ1) is 10.4. The molecule has 23 heavy (non-hydrogen) atoms. The molecule has 0 spiro atoms. The summed E-state index contributed by atoms with van der Waals surface area (Å²) in [7, 11) is 0. The Bertz CT molecular complexity index is 580. The molecule has 0 aliphatic rings. The number of hydrogen-bond donors (Lipinski definition) is 1. The van der Waals surface area contributed by atoms with Gasteiger partial charge in [0.2, 0.25) is 0 Å². The number of anilines is 1. The Labute approximate surface area is 138 Å². The standard InChI is InChI=1S/C18H27NO4/c1-12-9-8-10-13(11-14(20)22-17(2,3)4)15(12)19-16(21)23-18(5,6)7/h8-10H,11H2,1-7H3,(H,19,21). The summed E-state index contributed by atoms with van der Waals surface area (Å²) < 4.78 is 10.6. The lowest BCUT2D eigenvalue weighted by Gasteiger charge is -2.22. The van der Waals surface area contributed by atoms with Crippen molar-refractivity contribution in [2.24, 2.45) is 0 Å². The molecule has 0 radical (unpaired) electrons. The number of carbonyl (C=O) groups is 2. The molecule has 1 aromatic rings. The van der Waals surface area contributed by atoms with Gasteiger partial charge in [0.1, 0.15) is 11.2 Å². The predicted molar refractivity (Wildman–Crippen MR) is 90.6 cm³/mol. The lowest BCUT2D eigenvalue weighted by Crippen LogP contribution is -2.28. The monoisotopic (exact) mass is 321 g/mol. The van der Waals surface area contributed by atoms with E-state index in [1.54, 1.807) is 26.8 Å². The summed E-state index contributed by atoms with van der Waals surface area (Å²) in [6.07, 6.45) is -0.457. The van der Waals surface area contributed by atoms with Crippen molar-refractivity contribution in [3.05, 3.63) is 29.3 Å².